The first-order chi connectivity index (χ1) is 6.68. The first-order valence-corrected chi connectivity index (χ1v) is 3.79. The Kier molecular flexibility index (Phi) is 1.95. The lowest BCUT2D eigenvalue weighted by Gasteiger charge is -2.10. The lowest BCUT2D eigenvalue weighted by atomic mass is 10.1. The molecule has 14 heavy (non-hydrogen) atoms. The van der Waals surface area contributed by atoms with E-state index in [1.165, 1.54) is 0 Å². The average molecular weight is 194 g/mol. The van der Waals surface area contributed by atoms with Gasteiger partial charge in [-0.2, -0.15) is 0 Å². The highest BCUT2D eigenvalue weighted by Crippen LogP contribution is 2.10. The van der Waals surface area contributed by atoms with E-state index in [1.54, 1.807) is 12.3 Å². The quantitative estimate of drug-likeness (QED) is 0.445. The number of aliphatic imine (C=N–C) groups is 1. The lowest BCUT2D eigenvalue weighted by Crippen LogP contribution is -2.34. The second-order valence-corrected chi connectivity index (χ2v) is 2.69. The van der Waals surface area contributed by atoms with Crippen LogP contribution in [0.25, 0.3) is 0 Å². The topological polar surface area (TPSA) is 97.9 Å². The fraction of sp³-hybridized carbons (Fsp3) is 0.143. The van der Waals surface area contributed by atoms with E-state index in [2.05, 4.69) is 15.2 Å². The van der Waals surface area contributed by atoms with Gasteiger partial charge in [0.05, 0.1) is 5.71 Å². The van der Waals surface area contributed by atoms with E-state index >= 15 is 0 Å². The molecular weight excluding hydrogens is 188 g/mol. The minimum Gasteiger partial charge on any atom is -0.263 e. The molecular formula is C7H6N4O3. The summed E-state index contributed by atoms with van der Waals surface area (Å²) in [5.74, 6) is -0.998. The first kappa shape index (κ1) is 8.73. The van der Waals surface area contributed by atoms with Crippen LogP contribution in [0.4, 0.5) is 0 Å². The number of hydrogen-bond donors (Lipinski definition) is 2. The van der Waals surface area contributed by atoms with Gasteiger partial charge in [0.15, 0.2) is 0 Å². The molecule has 2 N–H and O–H groups in total. The van der Waals surface area contributed by atoms with E-state index in [0.717, 1.165) is 0 Å². The minimum absolute atomic E-state index is 0.0544. The molecule has 0 aromatic carbocycles. The smallest absolute Gasteiger partial charge is 0.263 e. The van der Waals surface area contributed by atoms with Crippen LogP contribution in [0.3, 0.4) is 0 Å². The van der Waals surface area contributed by atoms with Crippen molar-refractivity contribution in [1.29, 1.82) is 0 Å². The molecule has 0 saturated carbocycles. The zero-order valence-corrected chi connectivity index (χ0v) is 6.95. The zero-order valence-electron chi connectivity index (χ0n) is 6.95. The molecule has 0 aromatic rings. The molecule has 0 unspecified atom stereocenters. The Hall–Kier alpha value is -1.86. The summed E-state index contributed by atoms with van der Waals surface area (Å²) >= 11 is 0. The highest BCUT2D eigenvalue weighted by Gasteiger charge is 2.25. The molecule has 7 nitrogen and oxygen atoms in total. The second kappa shape index (κ2) is 3.13. The molecule has 0 radical (unpaired) electrons. The number of nitrogens with zero attached hydrogens (tertiary/aromatic N) is 4. The molecule has 0 atom stereocenters. The molecule has 7 heteroatoms. The highest BCUT2D eigenvalue weighted by atomic mass is 16.8. The maximum absolute atomic E-state index is 11.0. The van der Waals surface area contributed by atoms with Crippen molar-refractivity contribution in [1.82, 2.24) is 5.23 Å². The molecule has 2 aliphatic heterocycles. The lowest BCUT2D eigenvalue weighted by molar-refractivity contribution is -0.279. The van der Waals surface area contributed by atoms with Crippen LogP contribution in [0.2, 0.25) is 0 Å². The van der Waals surface area contributed by atoms with Crippen LogP contribution >= 0.6 is 0 Å². The van der Waals surface area contributed by atoms with Gasteiger partial charge >= 0.3 is 5.91 Å². The standard InChI is InChI=1S/C7H6N4O3/c12-7(11(13)14)6-3-5-4(9-10-6)1-2-8-5/h1-2,13-14H,3H2. The number of fused-ring (bicyclic) bond motifs is 1. The van der Waals surface area contributed by atoms with Crippen LogP contribution in [-0.4, -0.2) is 38.7 Å². The van der Waals surface area contributed by atoms with Crippen molar-refractivity contribution >= 4 is 23.0 Å². The van der Waals surface area contributed by atoms with Gasteiger partial charge < -0.3 is 0 Å². The fourth-order valence-corrected chi connectivity index (χ4v) is 1.13. The summed E-state index contributed by atoms with van der Waals surface area (Å²) in [6.07, 6.45) is 3.37. The van der Waals surface area contributed by atoms with Gasteiger partial charge in [-0.15, -0.1) is 10.2 Å². The summed E-state index contributed by atoms with van der Waals surface area (Å²) in [6, 6.07) is 0. The molecule has 2 heterocycles. The van der Waals surface area contributed by atoms with E-state index in [1.807, 2.05) is 0 Å². The zero-order chi connectivity index (χ0) is 10.1. The number of amides is 1. The van der Waals surface area contributed by atoms with Crippen molar-refractivity contribution in [2.45, 2.75) is 6.42 Å². The maximum atomic E-state index is 11.0. The van der Waals surface area contributed by atoms with E-state index in [-0.39, 0.29) is 12.1 Å². The Morgan fingerprint density at radius 1 is 1.43 bits per heavy atom. The summed E-state index contributed by atoms with van der Waals surface area (Å²) in [5.41, 5.74) is 1.15. The fourth-order valence-electron chi connectivity index (χ4n) is 1.13. The monoisotopic (exact) mass is 194 g/mol. The number of allylic oxidation sites excluding steroid dienone is 1. The van der Waals surface area contributed by atoms with Gasteiger partial charge in [-0.1, -0.05) is 5.23 Å². The highest BCUT2D eigenvalue weighted by molar-refractivity contribution is 6.56. The van der Waals surface area contributed by atoms with Crippen LogP contribution in [0.15, 0.2) is 27.5 Å². The van der Waals surface area contributed by atoms with Crippen LogP contribution in [0.1, 0.15) is 6.42 Å². The number of rotatable bonds is 1. The van der Waals surface area contributed by atoms with Gasteiger partial charge in [0.2, 0.25) is 0 Å². The number of carbonyl (C=O) groups excluding carboxylic acids is 1. The Bertz CT molecular complexity index is 405. The number of carbonyl (C=O) groups is 1. The third-order valence-corrected chi connectivity index (χ3v) is 1.80. The molecule has 2 aliphatic rings. The maximum Gasteiger partial charge on any atom is 0.319 e. The third-order valence-electron chi connectivity index (χ3n) is 1.80. The summed E-state index contributed by atoms with van der Waals surface area (Å²) in [5, 5.41) is 23.7. The molecule has 0 aliphatic carbocycles. The van der Waals surface area contributed by atoms with Crippen molar-refractivity contribution < 1.29 is 15.2 Å². The largest absolute Gasteiger partial charge is 0.319 e. The van der Waals surface area contributed by atoms with Gasteiger partial charge in [0, 0.05) is 12.6 Å². The van der Waals surface area contributed by atoms with Crippen molar-refractivity contribution in [2.24, 2.45) is 15.2 Å². The third kappa shape index (κ3) is 1.34. The molecule has 2 rings (SSSR count). The molecule has 0 bridgehead atoms. The molecule has 0 saturated heterocycles. The molecule has 0 spiro atoms. The molecule has 72 valence electrons. The Labute approximate surface area is 78.3 Å². The average Bonchev–Trinajstić information content (AvgIpc) is 2.62. The normalized spacial score (nSPS) is 18.3. The summed E-state index contributed by atoms with van der Waals surface area (Å²) < 4.78 is 0. The van der Waals surface area contributed by atoms with E-state index < -0.39 is 11.1 Å². The number of hydroxylamine groups is 2. The Morgan fingerprint density at radius 3 is 2.93 bits per heavy atom. The van der Waals surface area contributed by atoms with Crippen LogP contribution < -0.4 is 0 Å². The predicted molar refractivity (Wildman–Crippen MR) is 46.5 cm³/mol. The summed E-state index contributed by atoms with van der Waals surface area (Å²) in [6.45, 7) is 0. The van der Waals surface area contributed by atoms with Crippen LogP contribution in [0, 0.1) is 0 Å². The van der Waals surface area contributed by atoms with Crippen LogP contribution in [0.5, 0.6) is 0 Å². The Morgan fingerprint density at radius 2 is 2.21 bits per heavy atom. The van der Waals surface area contributed by atoms with E-state index in [4.69, 9.17) is 10.4 Å². The van der Waals surface area contributed by atoms with Crippen molar-refractivity contribution in [3.63, 3.8) is 0 Å². The van der Waals surface area contributed by atoms with Crippen molar-refractivity contribution in [3.8, 4) is 0 Å². The van der Waals surface area contributed by atoms with Gasteiger partial charge in [-0.05, 0) is 6.08 Å². The van der Waals surface area contributed by atoms with Gasteiger partial charge in [0.25, 0.3) is 0 Å². The second-order valence-electron chi connectivity index (χ2n) is 2.69. The first-order valence-electron chi connectivity index (χ1n) is 3.79. The van der Waals surface area contributed by atoms with Gasteiger partial charge in [-0.3, -0.25) is 20.2 Å². The SMILES string of the molecule is O=C(C1=NN=C2C=CN=C2C1)N(O)O. The van der Waals surface area contributed by atoms with Crippen molar-refractivity contribution in [3.05, 3.63) is 12.3 Å². The number of hydrogen-bond acceptors (Lipinski definition) is 6. The van der Waals surface area contributed by atoms with Crippen molar-refractivity contribution in [2.75, 3.05) is 0 Å². The molecule has 0 fully saturated rings. The van der Waals surface area contributed by atoms with Gasteiger partial charge in [-0.25, -0.2) is 0 Å². The van der Waals surface area contributed by atoms with Crippen LogP contribution in [-0.2, 0) is 4.79 Å². The summed E-state index contributed by atoms with van der Waals surface area (Å²) in [7, 11) is 0. The molecule has 0 aromatic heterocycles. The van der Waals surface area contributed by atoms with Gasteiger partial charge in [0.1, 0.15) is 11.4 Å². The summed E-state index contributed by atoms with van der Waals surface area (Å²) in [4.78, 5) is 15.0. The van der Waals surface area contributed by atoms with E-state index in [9.17, 15) is 4.79 Å². The molecule has 1 amide bonds. The van der Waals surface area contributed by atoms with E-state index in [0.29, 0.717) is 11.4 Å². The predicted octanol–water partition coefficient (Wildman–Crippen LogP) is -0.238. The Balaban J connectivity index is 2.23. The minimum atomic E-state index is -0.998.